The highest BCUT2D eigenvalue weighted by atomic mass is 16.2. The molecule has 0 atom stereocenters. The Kier molecular flexibility index (Phi) is 6.87. The van der Waals surface area contributed by atoms with E-state index in [0.29, 0.717) is 44.3 Å². The smallest absolute Gasteiger partial charge is 0.274 e. The quantitative estimate of drug-likeness (QED) is 0.652. The summed E-state index contributed by atoms with van der Waals surface area (Å²) < 4.78 is 1.65. The van der Waals surface area contributed by atoms with Crippen molar-refractivity contribution >= 4 is 17.7 Å². The molecule has 1 aromatic heterocycles. The largest absolute Gasteiger partial charge is 0.356 e. The number of fused-ring (bicyclic) bond motifs is 1. The predicted octanol–water partition coefficient (Wildman–Crippen LogP) is 2.31. The molecule has 3 amide bonds. The maximum Gasteiger partial charge on any atom is 0.274 e. The first kappa shape index (κ1) is 22.0. The van der Waals surface area contributed by atoms with E-state index in [9.17, 15) is 14.4 Å². The SMILES string of the molecule is CCN(CCC(=O)NCC1CC1)C(=O)c1cc2n(n1)CCCN(Cc1ccccc1)C2=O. The average molecular weight is 438 g/mol. The lowest BCUT2D eigenvalue weighted by atomic mass is 10.2. The molecule has 2 aliphatic rings. The number of nitrogens with zero attached hydrogens (tertiary/aromatic N) is 4. The van der Waals surface area contributed by atoms with Crippen molar-refractivity contribution in [3.05, 3.63) is 53.3 Å². The van der Waals surface area contributed by atoms with Crippen molar-refractivity contribution in [1.82, 2.24) is 24.9 Å². The van der Waals surface area contributed by atoms with Crippen LogP contribution >= 0.6 is 0 Å². The van der Waals surface area contributed by atoms with Crippen LogP contribution in [0.3, 0.4) is 0 Å². The van der Waals surface area contributed by atoms with Crippen LogP contribution in [-0.4, -0.2) is 63.5 Å². The monoisotopic (exact) mass is 437 g/mol. The summed E-state index contributed by atoms with van der Waals surface area (Å²) in [7, 11) is 0. The zero-order valence-corrected chi connectivity index (χ0v) is 18.6. The number of amides is 3. The van der Waals surface area contributed by atoms with Gasteiger partial charge in [0.25, 0.3) is 11.8 Å². The Balaban J connectivity index is 1.40. The van der Waals surface area contributed by atoms with E-state index < -0.39 is 0 Å². The maximum absolute atomic E-state index is 13.2. The van der Waals surface area contributed by atoms with Crippen LogP contribution in [0.4, 0.5) is 0 Å². The van der Waals surface area contributed by atoms with Crippen LogP contribution in [0.5, 0.6) is 0 Å². The molecule has 0 radical (unpaired) electrons. The Morgan fingerprint density at radius 3 is 2.69 bits per heavy atom. The minimum atomic E-state index is -0.245. The van der Waals surface area contributed by atoms with Gasteiger partial charge in [-0.3, -0.25) is 19.1 Å². The number of hydrogen-bond acceptors (Lipinski definition) is 4. The summed E-state index contributed by atoms with van der Waals surface area (Å²) in [5, 5.41) is 7.38. The number of hydrogen-bond donors (Lipinski definition) is 1. The third-order valence-electron chi connectivity index (χ3n) is 6.08. The number of aromatic nitrogens is 2. The molecule has 1 fully saturated rings. The summed E-state index contributed by atoms with van der Waals surface area (Å²) in [6.07, 6.45) is 3.42. The van der Waals surface area contributed by atoms with Crippen molar-refractivity contribution in [3.63, 3.8) is 0 Å². The van der Waals surface area contributed by atoms with Gasteiger partial charge in [0, 0.05) is 51.8 Å². The fraction of sp³-hybridized carbons (Fsp3) is 0.500. The Bertz CT molecular complexity index is 967. The first-order valence-electron chi connectivity index (χ1n) is 11.5. The van der Waals surface area contributed by atoms with E-state index >= 15 is 0 Å². The van der Waals surface area contributed by atoms with Gasteiger partial charge in [-0.1, -0.05) is 30.3 Å². The molecule has 4 rings (SSSR count). The lowest BCUT2D eigenvalue weighted by molar-refractivity contribution is -0.121. The number of benzene rings is 1. The molecule has 1 aliphatic carbocycles. The van der Waals surface area contributed by atoms with E-state index in [1.165, 1.54) is 12.8 Å². The van der Waals surface area contributed by atoms with Crippen LogP contribution < -0.4 is 5.32 Å². The van der Waals surface area contributed by atoms with Gasteiger partial charge in [-0.05, 0) is 37.7 Å². The van der Waals surface area contributed by atoms with E-state index in [-0.39, 0.29) is 29.8 Å². The summed E-state index contributed by atoms with van der Waals surface area (Å²) >= 11 is 0. The minimum absolute atomic E-state index is 0.0319. The van der Waals surface area contributed by atoms with Crippen LogP contribution in [0.2, 0.25) is 0 Å². The van der Waals surface area contributed by atoms with Gasteiger partial charge in [-0.25, -0.2) is 0 Å². The third-order valence-corrected chi connectivity index (χ3v) is 6.08. The second-order valence-electron chi connectivity index (χ2n) is 8.59. The highest BCUT2D eigenvalue weighted by Crippen LogP contribution is 2.27. The molecular formula is C24H31N5O3. The molecule has 1 aromatic carbocycles. The Hall–Kier alpha value is -3.16. The van der Waals surface area contributed by atoms with Gasteiger partial charge in [-0.2, -0.15) is 5.10 Å². The lowest BCUT2D eigenvalue weighted by Gasteiger charge is -2.20. The molecule has 170 valence electrons. The number of nitrogens with one attached hydrogen (secondary N) is 1. The van der Waals surface area contributed by atoms with Gasteiger partial charge in [0.2, 0.25) is 5.91 Å². The molecule has 8 nitrogen and oxygen atoms in total. The summed E-state index contributed by atoms with van der Waals surface area (Å²) in [6, 6.07) is 11.5. The van der Waals surface area contributed by atoms with Crippen molar-refractivity contribution in [2.75, 3.05) is 26.2 Å². The van der Waals surface area contributed by atoms with Crippen LogP contribution in [0.15, 0.2) is 36.4 Å². The van der Waals surface area contributed by atoms with Gasteiger partial charge < -0.3 is 15.1 Å². The molecular weight excluding hydrogens is 406 g/mol. The molecule has 32 heavy (non-hydrogen) atoms. The molecule has 8 heteroatoms. The number of carbonyl (C=O) groups excluding carboxylic acids is 3. The number of carbonyl (C=O) groups is 3. The fourth-order valence-electron chi connectivity index (χ4n) is 3.96. The molecule has 0 unspecified atom stereocenters. The topological polar surface area (TPSA) is 87.5 Å². The van der Waals surface area contributed by atoms with Crippen LogP contribution in [-0.2, 0) is 17.9 Å². The molecule has 1 aliphatic heterocycles. The zero-order valence-electron chi connectivity index (χ0n) is 18.6. The van der Waals surface area contributed by atoms with E-state index in [1.807, 2.05) is 42.2 Å². The molecule has 2 heterocycles. The number of aryl methyl sites for hydroxylation is 1. The van der Waals surface area contributed by atoms with Crippen LogP contribution in [0, 0.1) is 5.92 Å². The Labute approximate surface area is 188 Å². The summed E-state index contributed by atoms with van der Waals surface area (Å²) in [5.41, 5.74) is 1.78. The fourth-order valence-corrected chi connectivity index (χ4v) is 3.96. The van der Waals surface area contributed by atoms with Gasteiger partial charge in [0.1, 0.15) is 5.69 Å². The van der Waals surface area contributed by atoms with Gasteiger partial charge in [0.05, 0.1) is 0 Å². The maximum atomic E-state index is 13.2. The first-order chi connectivity index (χ1) is 15.5. The van der Waals surface area contributed by atoms with Crippen LogP contribution in [0.25, 0.3) is 0 Å². The predicted molar refractivity (Wildman–Crippen MR) is 120 cm³/mol. The standard InChI is InChI=1S/C24H31N5O3/c1-2-27(14-11-22(30)25-16-18-9-10-18)23(31)20-15-21-24(32)28(12-6-13-29(21)26-20)17-19-7-4-3-5-8-19/h3-5,7-8,15,18H,2,6,9-14,16-17H2,1H3,(H,25,30). The molecule has 0 bridgehead atoms. The summed E-state index contributed by atoms with van der Waals surface area (Å²) in [5.74, 6) is 0.240. The minimum Gasteiger partial charge on any atom is -0.356 e. The Morgan fingerprint density at radius 1 is 1.19 bits per heavy atom. The molecule has 0 saturated heterocycles. The van der Waals surface area contributed by atoms with Crippen molar-refractivity contribution in [2.24, 2.45) is 5.92 Å². The van der Waals surface area contributed by atoms with E-state index in [0.717, 1.165) is 18.5 Å². The van der Waals surface area contributed by atoms with E-state index in [2.05, 4.69) is 10.4 Å². The molecule has 2 aromatic rings. The highest BCUT2D eigenvalue weighted by molar-refractivity contribution is 5.98. The molecule has 1 saturated carbocycles. The summed E-state index contributed by atoms with van der Waals surface area (Å²) in [4.78, 5) is 41.7. The zero-order chi connectivity index (χ0) is 22.5. The second-order valence-corrected chi connectivity index (χ2v) is 8.59. The molecule has 0 spiro atoms. The Morgan fingerprint density at radius 2 is 1.97 bits per heavy atom. The molecule has 1 N–H and O–H groups in total. The highest BCUT2D eigenvalue weighted by Gasteiger charge is 2.28. The van der Waals surface area contributed by atoms with Crippen molar-refractivity contribution < 1.29 is 14.4 Å². The average Bonchev–Trinajstić information content (AvgIpc) is 3.57. The lowest BCUT2D eigenvalue weighted by Crippen LogP contribution is -2.36. The van der Waals surface area contributed by atoms with Gasteiger partial charge in [0.15, 0.2) is 5.69 Å². The van der Waals surface area contributed by atoms with Crippen molar-refractivity contribution in [1.29, 1.82) is 0 Å². The van der Waals surface area contributed by atoms with Gasteiger partial charge in [-0.15, -0.1) is 0 Å². The normalized spacial score (nSPS) is 15.8. The third kappa shape index (κ3) is 5.36. The number of rotatable bonds is 9. The van der Waals surface area contributed by atoms with Crippen molar-refractivity contribution in [3.8, 4) is 0 Å². The van der Waals surface area contributed by atoms with E-state index in [1.54, 1.807) is 15.6 Å². The van der Waals surface area contributed by atoms with Crippen LogP contribution in [0.1, 0.15) is 59.1 Å². The summed E-state index contributed by atoms with van der Waals surface area (Å²) in [6.45, 7) is 5.20. The van der Waals surface area contributed by atoms with Gasteiger partial charge >= 0.3 is 0 Å². The second kappa shape index (κ2) is 9.97. The van der Waals surface area contributed by atoms with Crippen molar-refractivity contribution in [2.45, 2.75) is 45.7 Å². The first-order valence-corrected chi connectivity index (χ1v) is 11.5. The van der Waals surface area contributed by atoms with E-state index in [4.69, 9.17) is 0 Å².